The van der Waals surface area contributed by atoms with Gasteiger partial charge in [0.15, 0.2) is 5.82 Å². The lowest BCUT2D eigenvalue weighted by atomic mass is 10.1. The van der Waals surface area contributed by atoms with Crippen molar-refractivity contribution in [1.82, 2.24) is 14.8 Å². The minimum Gasteiger partial charge on any atom is -0.495 e. The predicted octanol–water partition coefficient (Wildman–Crippen LogP) is 5.12. The second-order valence-corrected chi connectivity index (χ2v) is 9.39. The van der Waals surface area contributed by atoms with Crippen molar-refractivity contribution in [3.05, 3.63) is 51.1 Å². The van der Waals surface area contributed by atoms with Crippen LogP contribution < -0.4 is 20.1 Å². The number of aliphatic hydroxyl groups is 1. The lowest BCUT2D eigenvalue weighted by molar-refractivity contribution is -0.109. The molecule has 0 aliphatic heterocycles. The highest BCUT2D eigenvalue weighted by Gasteiger charge is 2.25. The molecule has 0 aliphatic rings. The SMILES string of the molecule is COc1cc(OC)c(Cl)c(C(O)c2cc3cc(Nc4nn(C)cc4NC(=O)C=S)ncc3s2)c1Cl. The summed E-state index contributed by atoms with van der Waals surface area (Å²) in [7, 11) is 4.67. The van der Waals surface area contributed by atoms with E-state index < -0.39 is 12.0 Å². The Bertz CT molecular complexity index is 1410. The molecule has 0 saturated carbocycles. The monoisotopic (exact) mass is 551 g/mol. The summed E-state index contributed by atoms with van der Waals surface area (Å²) in [6.07, 6.45) is 2.19. The molecule has 13 heteroatoms. The number of hydrogen-bond donors (Lipinski definition) is 3. The number of thiocarbonyl (C=S) groups is 1. The van der Waals surface area contributed by atoms with Gasteiger partial charge in [0.1, 0.15) is 29.1 Å². The summed E-state index contributed by atoms with van der Waals surface area (Å²) in [5, 5.41) is 23.5. The van der Waals surface area contributed by atoms with Crippen molar-refractivity contribution in [1.29, 1.82) is 0 Å². The zero-order chi connectivity index (χ0) is 25.3. The zero-order valence-electron chi connectivity index (χ0n) is 18.6. The number of pyridine rings is 1. The highest BCUT2D eigenvalue weighted by atomic mass is 35.5. The van der Waals surface area contributed by atoms with Crippen molar-refractivity contribution in [3.8, 4) is 11.5 Å². The number of nitrogens with zero attached hydrogens (tertiary/aromatic N) is 3. The van der Waals surface area contributed by atoms with Crippen LogP contribution in [0.2, 0.25) is 10.0 Å². The number of methoxy groups -OCH3 is 2. The van der Waals surface area contributed by atoms with Crippen molar-refractivity contribution >= 4 is 85.4 Å². The number of fused-ring (bicyclic) bond motifs is 1. The Morgan fingerprint density at radius 1 is 1.23 bits per heavy atom. The van der Waals surface area contributed by atoms with Gasteiger partial charge >= 0.3 is 0 Å². The molecule has 3 N–H and O–H groups in total. The summed E-state index contributed by atoms with van der Waals surface area (Å²) in [6, 6.07) is 5.19. The summed E-state index contributed by atoms with van der Waals surface area (Å²) in [5.41, 5.74) is 0.744. The average Bonchev–Trinajstić information content (AvgIpc) is 3.41. The maximum Gasteiger partial charge on any atom is 0.259 e. The normalized spacial score (nSPS) is 11.8. The van der Waals surface area contributed by atoms with Crippen molar-refractivity contribution < 1.29 is 19.4 Å². The summed E-state index contributed by atoms with van der Waals surface area (Å²) in [5.74, 6) is 1.14. The van der Waals surface area contributed by atoms with Gasteiger partial charge < -0.3 is 25.2 Å². The van der Waals surface area contributed by atoms with E-state index in [1.54, 1.807) is 36.3 Å². The molecule has 1 unspecified atom stereocenters. The molecule has 0 spiro atoms. The van der Waals surface area contributed by atoms with Crippen LogP contribution in [0.15, 0.2) is 30.6 Å². The lowest BCUT2D eigenvalue weighted by Crippen LogP contribution is -2.11. The number of carbonyl (C=O) groups is 1. The number of carbonyl (C=O) groups excluding carboxylic acids is 1. The number of aliphatic hydroxyl groups excluding tert-OH is 1. The van der Waals surface area contributed by atoms with E-state index in [9.17, 15) is 9.90 Å². The minimum atomic E-state index is -1.12. The van der Waals surface area contributed by atoms with Crippen LogP contribution in [-0.4, -0.2) is 45.4 Å². The van der Waals surface area contributed by atoms with Gasteiger partial charge in [0.05, 0.1) is 40.5 Å². The van der Waals surface area contributed by atoms with E-state index in [0.29, 0.717) is 33.7 Å². The number of ether oxygens (including phenoxy) is 2. The van der Waals surface area contributed by atoms with Crippen molar-refractivity contribution in [2.24, 2.45) is 7.05 Å². The molecule has 35 heavy (non-hydrogen) atoms. The largest absolute Gasteiger partial charge is 0.495 e. The summed E-state index contributed by atoms with van der Waals surface area (Å²) >= 11 is 19.0. The Balaban J connectivity index is 1.67. The first kappa shape index (κ1) is 25.1. The van der Waals surface area contributed by atoms with Gasteiger partial charge in [-0.2, -0.15) is 5.10 Å². The molecular weight excluding hydrogens is 533 g/mol. The minimum absolute atomic E-state index is 0.199. The van der Waals surface area contributed by atoms with Crippen LogP contribution in [-0.2, 0) is 11.8 Å². The van der Waals surface area contributed by atoms with E-state index in [0.717, 1.165) is 15.5 Å². The summed E-state index contributed by atoms with van der Waals surface area (Å²) in [6.45, 7) is 0. The van der Waals surface area contributed by atoms with Gasteiger partial charge in [-0.3, -0.25) is 9.48 Å². The fourth-order valence-electron chi connectivity index (χ4n) is 3.41. The number of aromatic nitrogens is 3. The van der Waals surface area contributed by atoms with Crippen LogP contribution in [0.5, 0.6) is 11.5 Å². The average molecular weight is 552 g/mol. The number of rotatable bonds is 8. The number of thiophene rings is 1. The number of amides is 1. The third-order valence-corrected chi connectivity index (χ3v) is 7.15. The molecule has 182 valence electrons. The molecule has 0 radical (unpaired) electrons. The molecule has 1 aromatic carbocycles. The smallest absolute Gasteiger partial charge is 0.259 e. The highest BCUT2D eigenvalue weighted by Crippen LogP contribution is 2.46. The summed E-state index contributed by atoms with van der Waals surface area (Å²) in [4.78, 5) is 16.7. The fourth-order valence-corrected chi connectivity index (χ4v) is 5.19. The number of halogens is 2. The Kier molecular flexibility index (Phi) is 7.43. The van der Waals surface area contributed by atoms with Gasteiger partial charge in [-0.05, 0) is 17.5 Å². The van der Waals surface area contributed by atoms with Crippen molar-refractivity contribution in [3.63, 3.8) is 0 Å². The van der Waals surface area contributed by atoms with Crippen LogP contribution in [0.4, 0.5) is 17.3 Å². The zero-order valence-corrected chi connectivity index (χ0v) is 21.8. The van der Waals surface area contributed by atoms with Gasteiger partial charge in [0.25, 0.3) is 5.91 Å². The van der Waals surface area contributed by atoms with Crippen LogP contribution in [0, 0.1) is 0 Å². The van der Waals surface area contributed by atoms with Crippen LogP contribution in [0.25, 0.3) is 10.1 Å². The molecule has 0 bridgehead atoms. The first-order valence-electron chi connectivity index (χ1n) is 10.00. The Hall–Kier alpha value is -2.96. The first-order valence-corrected chi connectivity index (χ1v) is 12.0. The third kappa shape index (κ3) is 5.04. The molecule has 4 aromatic rings. The van der Waals surface area contributed by atoms with E-state index in [2.05, 4.69) is 32.9 Å². The van der Waals surface area contributed by atoms with E-state index in [-0.39, 0.29) is 15.6 Å². The molecular formula is C22H19Cl2N5O4S2. The molecule has 3 aromatic heterocycles. The molecule has 1 atom stereocenters. The van der Waals surface area contributed by atoms with Crippen LogP contribution >= 0.6 is 46.8 Å². The van der Waals surface area contributed by atoms with E-state index in [1.165, 1.54) is 25.6 Å². The van der Waals surface area contributed by atoms with Gasteiger partial charge in [0, 0.05) is 29.8 Å². The fraction of sp³-hybridized carbons (Fsp3) is 0.182. The maximum atomic E-state index is 11.7. The number of hydrogen-bond acceptors (Lipinski definition) is 9. The second kappa shape index (κ2) is 10.3. The maximum absolute atomic E-state index is 11.7. The Morgan fingerprint density at radius 3 is 2.54 bits per heavy atom. The predicted molar refractivity (Wildman–Crippen MR) is 142 cm³/mol. The summed E-state index contributed by atoms with van der Waals surface area (Å²) < 4.78 is 13.0. The molecule has 1 amide bonds. The quantitative estimate of drug-likeness (QED) is 0.259. The van der Waals surface area contributed by atoms with Crippen molar-refractivity contribution in [2.45, 2.75) is 6.10 Å². The van der Waals surface area contributed by atoms with Crippen LogP contribution in [0.1, 0.15) is 16.5 Å². The first-order chi connectivity index (χ1) is 16.7. The number of nitrogens with one attached hydrogen (secondary N) is 2. The standard InChI is InChI=1S/C22H19Cl2N5O4S2/c1-29-8-11(26-17(30)9-34)22(28-29)27-16-5-10-4-14(35-15(10)7-25-16)21(31)18-19(23)12(32-2)6-13(33-3)20(18)24/h4-9,21,31H,1-3H3,(H,26,30)(H,25,27,28). The molecule has 4 rings (SSSR count). The van der Waals surface area contributed by atoms with Crippen molar-refractivity contribution in [2.75, 3.05) is 24.9 Å². The number of benzene rings is 1. The highest BCUT2D eigenvalue weighted by molar-refractivity contribution is 7.80. The Morgan fingerprint density at radius 2 is 1.91 bits per heavy atom. The van der Waals surface area contributed by atoms with Crippen LogP contribution in [0.3, 0.4) is 0 Å². The molecule has 3 heterocycles. The van der Waals surface area contributed by atoms with Gasteiger partial charge in [-0.1, -0.05) is 35.4 Å². The molecule has 9 nitrogen and oxygen atoms in total. The number of aryl methyl sites for hydroxylation is 1. The second-order valence-electron chi connectivity index (χ2n) is 7.28. The number of anilines is 3. The third-order valence-electron chi connectivity index (χ3n) is 5.01. The van der Waals surface area contributed by atoms with E-state index in [1.807, 2.05) is 6.07 Å². The van der Waals surface area contributed by atoms with Gasteiger partial charge in [-0.15, -0.1) is 11.3 Å². The molecule has 0 fully saturated rings. The topological polar surface area (TPSA) is 111 Å². The van der Waals surface area contributed by atoms with E-state index in [4.69, 9.17) is 32.7 Å². The Labute approximate surface area is 219 Å². The lowest BCUT2D eigenvalue weighted by Gasteiger charge is -2.17. The van der Waals surface area contributed by atoms with Gasteiger partial charge in [0.2, 0.25) is 0 Å². The van der Waals surface area contributed by atoms with Gasteiger partial charge in [-0.25, -0.2) is 4.98 Å². The molecule has 0 aliphatic carbocycles. The molecule has 0 saturated heterocycles. The van der Waals surface area contributed by atoms with E-state index >= 15 is 0 Å².